The van der Waals surface area contributed by atoms with Crippen LogP contribution in [0.25, 0.3) is 5.57 Å². The molecule has 0 fully saturated rings. The number of aromatic nitrogens is 3. The van der Waals surface area contributed by atoms with Crippen LogP contribution < -0.4 is 9.64 Å². The van der Waals surface area contributed by atoms with Crippen LogP contribution in [0.1, 0.15) is 84.9 Å². The van der Waals surface area contributed by atoms with E-state index in [9.17, 15) is 14.4 Å². The van der Waals surface area contributed by atoms with Crippen molar-refractivity contribution in [3.05, 3.63) is 35.7 Å². The lowest BCUT2D eigenvalue weighted by Gasteiger charge is -2.44. The molecule has 0 spiro atoms. The Labute approximate surface area is 289 Å². The van der Waals surface area contributed by atoms with Crippen LogP contribution >= 0.6 is 11.7 Å². The smallest absolute Gasteiger partial charge is 0.419 e. The molecule has 2 atom stereocenters. The summed E-state index contributed by atoms with van der Waals surface area (Å²) in [4.78, 5) is 45.3. The highest BCUT2D eigenvalue weighted by molar-refractivity contribution is 6.99. The van der Waals surface area contributed by atoms with Crippen LogP contribution in [-0.4, -0.2) is 100 Å². The van der Waals surface area contributed by atoms with E-state index in [0.29, 0.717) is 34.9 Å². The maximum atomic E-state index is 13.7. The van der Waals surface area contributed by atoms with E-state index in [1.807, 2.05) is 13.8 Å². The molecule has 2 aromatic rings. The number of likely N-dealkylation sites (N-methyl/N-ethyl adjacent to an activating group) is 2. The van der Waals surface area contributed by atoms with Crippen LogP contribution in [0.4, 0.5) is 15.4 Å². The second-order valence-electron chi connectivity index (χ2n) is 13.8. The molecule has 2 aromatic heterocycles. The molecule has 0 bridgehead atoms. The first kappa shape index (κ1) is 38.7. The van der Waals surface area contributed by atoms with Crippen LogP contribution in [0.15, 0.2) is 24.4 Å². The Morgan fingerprint density at radius 3 is 2.52 bits per heavy atom. The van der Waals surface area contributed by atoms with E-state index in [0.717, 1.165) is 53.7 Å². The molecular weight excluding hydrogens is 636 g/mol. The largest absolute Gasteiger partial charge is 0.475 e. The quantitative estimate of drug-likeness (QED) is 0.0909. The molecule has 0 N–H and O–H groups in total. The molecule has 3 rings (SSSR count). The van der Waals surface area contributed by atoms with Gasteiger partial charge in [0, 0.05) is 43.8 Å². The number of quaternary nitrogens is 1. The number of nitrogens with zero attached hydrogens (tertiary/aromatic N) is 6. The molecule has 0 saturated heterocycles. The second-order valence-corrected chi connectivity index (χ2v) is 14.3. The van der Waals surface area contributed by atoms with Gasteiger partial charge in [0.15, 0.2) is 0 Å². The van der Waals surface area contributed by atoms with Crippen LogP contribution in [0.5, 0.6) is 5.88 Å². The van der Waals surface area contributed by atoms with Crippen molar-refractivity contribution in [2.45, 2.75) is 92.1 Å². The molecule has 13 nitrogen and oxygen atoms in total. The Hall–Kier alpha value is -3.78. The molecule has 0 saturated carbocycles. The number of anilines is 1. The van der Waals surface area contributed by atoms with E-state index in [1.54, 1.807) is 46.1 Å². The molecule has 266 valence electrons. The Morgan fingerprint density at radius 1 is 1.08 bits per heavy atom. The standard InChI is InChI=1S/C34H53N6O7S/c1-10-11-12-13-20-44-30-28(36-48-37-30)25-17-15-19-40(9,22-25)31(24(2)3)46-33(43)39(8)29-26(16-14-18-35-29)23-45-27(41)21-38(7)32(42)47-34(4,5)6/h14,16-18,24,31H,10-13,15,19-23H2,1-9H3/q+1. The summed E-state index contributed by atoms with van der Waals surface area (Å²) in [6.07, 6.45) is 7.29. The van der Waals surface area contributed by atoms with Crippen LogP contribution in [-0.2, 0) is 25.6 Å². The lowest BCUT2D eigenvalue weighted by molar-refractivity contribution is -0.950. The molecule has 3 heterocycles. The Bertz CT molecular complexity index is 1410. The van der Waals surface area contributed by atoms with Crippen molar-refractivity contribution < 1.29 is 37.8 Å². The van der Waals surface area contributed by atoms with Crippen molar-refractivity contribution >= 4 is 41.3 Å². The van der Waals surface area contributed by atoms with Crippen molar-refractivity contribution in [2.24, 2.45) is 5.92 Å². The Kier molecular flexibility index (Phi) is 14.2. The lowest BCUT2D eigenvalue weighted by Crippen LogP contribution is -2.59. The average Bonchev–Trinajstić information content (AvgIpc) is 3.50. The minimum atomic E-state index is -0.690. The molecule has 1 aliphatic rings. The minimum absolute atomic E-state index is 0.000616. The topological polar surface area (TPSA) is 133 Å². The number of ether oxygens (including phenoxy) is 4. The number of carbonyl (C=O) groups excluding carboxylic acids is 3. The number of hydrogen-bond acceptors (Lipinski definition) is 11. The monoisotopic (exact) mass is 689 g/mol. The molecule has 2 unspecified atom stereocenters. The van der Waals surface area contributed by atoms with E-state index in [4.69, 9.17) is 18.9 Å². The van der Waals surface area contributed by atoms with Gasteiger partial charge in [0.1, 0.15) is 36.8 Å². The zero-order chi connectivity index (χ0) is 35.5. The predicted octanol–water partition coefficient (Wildman–Crippen LogP) is 6.29. The summed E-state index contributed by atoms with van der Waals surface area (Å²) in [5.41, 5.74) is 1.61. The van der Waals surface area contributed by atoms with Gasteiger partial charge in [-0.1, -0.05) is 52.2 Å². The first-order valence-electron chi connectivity index (χ1n) is 16.6. The summed E-state index contributed by atoms with van der Waals surface area (Å²) >= 11 is 1.14. The normalized spacial score (nSPS) is 16.9. The maximum Gasteiger partial charge on any atom is 0.419 e. The summed E-state index contributed by atoms with van der Waals surface area (Å²) in [5.74, 6) is 0.235. The van der Waals surface area contributed by atoms with Crippen molar-refractivity contribution in [2.75, 3.05) is 52.3 Å². The third kappa shape index (κ3) is 11.1. The molecule has 48 heavy (non-hydrogen) atoms. The van der Waals surface area contributed by atoms with Gasteiger partial charge in [0.2, 0.25) is 6.23 Å². The highest BCUT2D eigenvalue weighted by Gasteiger charge is 2.42. The predicted molar refractivity (Wildman–Crippen MR) is 184 cm³/mol. The van der Waals surface area contributed by atoms with Gasteiger partial charge in [0.05, 0.1) is 31.9 Å². The number of unbranched alkanes of at least 4 members (excludes halogenated alkanes) is 3. The fourth-order valence-corrected chi connectivity index (χ4v) is 6.05. The highest BCUT2D eigenvalue weighted by Crippen LogP contribution is 2.34. The number of amides is 2. The summed E-state index contributed by atoms with van der Waals surface area (Å²) < 4.78 is 32.4. The zero-order valence-electron chi connectivity index (χ0n) is 30.0. The van der Waals surface area contributed by atoms with Gasteiger partial charge < -0.3 is 23.8 Å². The molecule has 0 radical (unpaired) electrons. The van der Waals surface area contributed by atoms with E-state index >= 15 is 0 Å². The van der Waals surface area contributed by atoms with E-state index in [1.165, 1.54) is 24.8 Å². The van der Waals surface area contributed by atoms with Crippen LogP contribution in [0, 0.1) is 5.92 Å². The van der Waals surface area contributed by atoms with Crippen molar-refractivity contribution in [3.63, 3.8) is 0 Å². The summed E-state index contributed by atoms with van der Waals surface area (Å²) in [6.45, 7) is 13.0. The van der Waals surface area contributed by atoms with Crippen molar-refractivity contribution in [3.8, 4) is 5.88 Å². The van der Waals surface area contributed by atoms with Gasteiger partial charge in [0.25, 0.3) is 5.88 Å². The number of hydrogen-bond donors (Lipinski definition) is 0. The van der Waals surface area contributed by atoms with E-state index in [-0.39, 0.29) is 19.1 Å². The van der Waals surface area contributed by atoms with Crippen molar-refractivity contribution in [1.29, 1.82) is 0 Å². The molecule has 0 aromatic carbocycles. The molecule has 1 aliphatic heterocycles. The average molecular weight is 690 g/mol. The van der Waals surface area contributed by atoms with Crippen molar-refractivity contribution in [1.82, 2.24) is 18.6 Å². The van der Waals surface area contributed by atoms with Crippen LogP contribution in [0.3, 0.4) is 0 Å². The number of carbonyl (C=O) groups is 3. The summed E-state index contributed by atoms with van der Waals surface area (Å²) in [7, 11) is 5.13. The van der Waals surface area contributed by atoms with Gasteiger partial charge in [-0.3, -0.25) is 14.2 Å². The third-order valence-electron chi connectivity index (χ3n) is 7.89. The SMILES string of the molecule is CCCCCCOc1nsnc1C1=CCC[N+](C)(C(OC(=O)N(C)c2ncccc2COC(=O)CN(C)C(=O)OC(C)(C)C)C(C)C)C1. The molecule has 14 heteroatoms. The summed E-state index contributed by atoms with van der Waals surface area (Å²) in [6, 6.07) is 3.41. The van der Waals surface area contributed by atoms with Gasteiger partial charge in [-0.05, 0) is 33.3 Å². The second kappa shape index (κ2) is 17.6. The zero-order valence-corrected chi connectivity index (χ0v) is 30.8. The van der Waals surface area contributed by atoms with E-state index in [2.05, 4.69) is 33.8 Å². The first-order chi connectivity index (χ1) is 22.6. The molecule has 2 amide bonds. The van der Waals surface area contributed by atoms with Gasteiger partial charge in [-0.2, -0.15) is 4.37 Å². The highest BCUT2D eigenvalue weighted by atomic mass is 32.1. The molecule has 0 aliphatic carbocycles. The fourth-order valence-electron chi connectivity index (χ4n) is 5.52. The number of rotatable bonds is 15. The summed E-state index contributed by atoms with van der Waals surface area (Å²) in [5, 5.41) is 0. The van der Waals surface area contributed by atoms with Gasteiger partial charge in [-0.25, -0.2) is 14.6 Å². The Balaban J connectivity index is 1.66. The lowest BCUT2D eigenvalue weighted by atomic mass is 10.0. The Morgan fingerprint density at radius 2 is 1.83 bits per heavy atom. The van der Waals surface area contributed by atoms with Crippen LogP contribution in [0.2, 0.25) is 0 Å². The minimum Gasteiger partial charge on any atom is -0.475 e. The maximum absolute atomic E-state index is 13.7. The van der Waals surface area contributed by atoms with E-state index < -0.39 is 30.0 Å². The number of esters is 1. The van der Waals surface area contributed by atoms with Gasteiger partial charge >= 0.3 is 18.2 Å². The third-order valence-corrected chi connectivity index (χ3v) is 8.40. The number of pyridine rings is 1. The fraction of sp³-hybridized carbons (Fsp3) is 0.647. The van der Waals surface area contributed by atoms with Gasteiger partial charge in [-0.15, -0.1) is 4.37 Å². The molecular formula is C34H53N6O7S+. The first-order valence-corrected chi connectivity index (χ1v) is 17.3.